The zero-order valence-electron chi connectivity index (χ0n) is 14.7. The average Bonchev–Trinajstić information content (AvgIpc) is 2.66. The van der Waals surface area contributed by atoms with E-state index in [-0.39, 0.29) is 0 Å². The number of rotatable bonds is 3. The van der Waals surface area contributed by atoms with Gasteiger partial charge >= 0.3 is 0 Å². The molecule has 0 radical (unpaired) electrons. The minimum Gasteiger partial charge on any atom is -0.380 e. The highest BCUT2D eigenvalue weighted by Gasteiger charge is 2.21. The molecule has 3 aromatic rings. The van der Waals surface area contributed by atoms with Crippen LogP contribution in [0.25, 0.3) is 10.9 Å². The Labute approximate surface area is 163 Å². The van der Waals surface area contributed by atoms with E-state index in [1.807, 2.05) is 30.5 Å². The second-order valence-corrected chi connectivity index (χ2v) is 7.68. The Kier molecular flexibility index (Phi) is 4.92. The van der Waals surface area contributed by atoms with Crippen molar-refractivity contribution in [2.45, 2.75) is 25.8 Å². The van der Waals surface area contributed by atoms with Crippen molar-refractivity contribution in [1.82, 2.24) is 4.98 Å². The van der Waals surface area contributed by atoms with E-state index in [2.05, 4.69) is 40.3 Å². The van der Waals surface area contributed by atoms with Crippen molar-refractivity contribution < 1.29 is 0 Å². The molecule has 0 bridgehead atoms. The van der Waals surface area contributed by atoms with Gasteiger partial charge in [0.1, 0.15) is 0 Å². The molecule has 0 aliphatic carbocycles. The lowest BCUT2D eigenvalue weighted by molar-refractivity contribution is 0.530. The predicted molar refractivity (Wildman–Crippen MR) is 112 cm³/mol. The third-order valence-corrected chi connectivity index (χ3v) is 5.74. The first-order chi connectivity index (χ1) is 12.6. The Morgan fingerprint density at radius 1 is 1.12 bits per heavy atom. The summed E-state index contributed by atoms with van der Waals surface area (Å²) in [6, 6.07) is 14.5. The number of aromatic nitrogens is 1. The summed E-state index contributed by atoms with van der Waals surface area (Å²) in [4.78, 5) is 6.91. The number of halogens is 2. The van der Waals surface area contributed by atoms with Crippen LogP contribution in [0.2, 0.25) is 10.0 Å². The molecule has 1 saturated heterocycles. The van der Waals surface area contributed by atoms with Crippen LogP contribution in [0.15, 0.2) is 48.7 Å². The van der Waals surface area contributed by atoms with E-state index in [0.29, 0.717) is 16.1 Å². The quantitative estimate of drug-likeness (QED) is 0.605. The van der Waals surface area contributed by atoms with Gasteiger partial charge < -0.3 is 10.2 Å². The molecule has 0 amide bonds. The van der Waals surface area contributed by atoms with E-state index in [9.17, 15) is 0 Å². The lowest BCUT2D eigenvalue weighted by Crippen LogP contribution is -2.42. The first-order valence-electron chi connectivity index (χ1n) is 8.93. The van der Waals surface area contributed by atoms with Crippen LogP contribution in [0.3, 0.4) is 0 Å². The molecule has 1 aromatic heterocycles. The van der Waals surface area contributed by atoms with Crippen LogP contribution in [0, 0.1) is 6.92 Å². The lowest BCUT2D eigenvalue weighted by atomic mass is 10.0. The van der Waals surface area contributed by atoms with Crippen LogP contribution < -0.4 is 10.2 Å². The fraction of sp³-hybridized carbons (Fsp3) is 0.286. The smallest absolute Gasteiger partial charge is 0.0722 e. The fourth-order valence-corrected chi connectivity index (χ4v) is 3.94. The van der Waals surface area contributed by atoms with Gasteiger partial charge in [0.25, 0.3) is 0 Å². The zero-order valence-corrected chi connectivity index (χ0v) is 16.2. The Bertz CT molecular complexity index is 942. The monoisotopic (exact) mass is 385 g/mol. The zero-order chi connectivity index (χ0) is 18.1. The second-order valence-electron chi connectivity index (χ2n) is 6.86. The van der Waals surface area contributed by atoms with E-state index in [1.54, 1.807) is 0 Å². The Hall–Kier alpha value is -1.97. The predicted octanol–water partition coefficient (Wildman–Crippen LogP) is 5.93. The second kappa shape index (κ2) is 7.34. The number of hydrogen-bond donors (Lipinski definition) is 1. The number of fused-ring (bicyclic) bond motifs is 1. The van der Waals surface area contributed by atoms with Crippen LogP contribution >= 0.6 is 23.2 Å². The third kappa shape index (κ3) is 3.46. The van der Waals surface area contributed by atoms with Gasteiger partial charge in [0.2, 0.25) is 0 Å². The highest BCUT2D eigenvalue weighted by atomic mass is 35.5. The molecule has 1 unspecified atom stereocenters. The minimum atomic E-state index is 0.378. The minimum absolute atomic E-state index is 0.378. The molecule has 26 heavy (non-hydrogen) atoms. The maximum atomic E-state index is 6.20. The van der Waals surface area contributed by atoms with Crippen LogP contribution in [-0.2, 0) is 0 Å². The number of piperidine rings is 1. The number of para-hydroxylation sites is 1. The summed E-state index contributed by atoms with van der Waals surface area (Å²) >= 11 is 12.3. The Balaban J connectivity index is 1.57. The van der Waals surface area contributed by atoms with Gasteiger partial charge in [0, 0.05) is 42.1 Å². The summed E-state index contributed by atoms with van der Waals surface area (Å²) in [5.74, 6) is 0. The first kappa shape index (κ1) is 17.4. The van der Waals surface area contributed by atoms with Crippen LogP contribution in [0.5, 0.6) is 0 Å². The van der Waals surface area contributed by atoms with E-state index in [0.717, 1.165) is 37.1 Å². The number of hydrogen-bond acceptors (Lipinski definition) is 3. The molecule has 1 atom stereocenters. The molecule has 1 aliphatic heterocycles. The van der Waals surface area contributed by atoms with Crippen molar-refractivity contribution in [2.24, 2.45) is 0 Å². The fourth-order valence-electron chi connectivity index (χ4n) is 3.65. The first-order valence-corrected chi connectivity index (χ1v) is 9.68. The van der Waals surface area contributed by atoms with Crippen molar-refractivity contribution in [2.75, 3.05) is 23.3 Å². The van der Waals surface area contributed by atoms with Crippen molar-refractivity contribution in [3.05, 3.63) is 64.3 Å². The largest absolute Gasteiger partial charge is 0.380 e. The molecule has 3 nitrogen and oxygen atoms in total. The summed E-state index contributed by atoms with van der Waals surface area (Å²) in [7, 11) is 0. The van der Waals surface area contributed by atoms with Gasteiger partial charge in [-0.05, 0) is 49.6 Å². The number of benzene rings is 2. The maximum Gasteiger partial charge on any atom is 0.0722 e. The van der Waals surface area contributed by atoms with Crippen LogP contribution in [0.1, 0.15) is 18.4 Å². The highest BCUT2D eigenvalue weighted by molar-refractivity contribution is 6.42. The van der Waals surface area contributed by atoms with E-state index >= 15 is 0 Å². The van der Waals surface area contributed by atoms with Crippen LogP contribution in [0.4, 0.5) is 11.4 Å². The van der Waals surface area contributed by atoms with Gasteiger partial charge in [-0.3, -0.25) is 4.98 Å². The highest BCUT2D eigenvalue weighted by Crippen LogP contribution is 2.31. The van der Waals surface area contributed by atoms with Crippen molar-refractivity contribution in [3.63, 3.8) is 0 Å². The number of anilines is 2. The van der Waals surface area contributed by atoms with Gasteiger partial charge in [-0.2, -0.15) is 0 Å². The van der Waals surface area contributed by atoms with E-state index in [4.69, 9.17) is 23.2 Å². The summed E-state index contributed by atoms with van der Waals surface area (Å²) in [5, 5.41) is 6.16. The van der Waals surface area contributed by atoms with Gasteiger partial charge in [0.15, 0.2) is 0 Å². The molecule has 1 aliphatic rings. The van der Waals surface area contributed by atoms with E-state index in [1.165, 1.54) is 16.6 Å². The maximum absolute atomic E-state index is 6.20. The molecular weight excluding hydrogens is 365 g/mol. The third-order valence-electron chi connectivity index (χ3n) is 5.00. The lowest BCUT2D eigenvalue weighted by Gasteiger charge is -2.36. The molecule has 134 valence electrons. The SMILES string of the molecule is Cc1cnc2ccccc2c1NC1CCCN(c2ccc(Cl)c(Cl)c2)C1. The molecule has 0 spiro atoms. The average molecular weight is 386 g/mol. The number of nitrogens with zero attached hydrogens (tertiary/aromatic N) is 2. The van der Waals surface area contributed by atoms with E-state index < -0.39 is 0 Å². The molecule has 5 heteroatoms. The number of pyridine rings is 1. The Morgan fingerprint density at radius 3 is 2.81 bits per heavy atom. The normalized spacial score (nSPS) is 17.5. The van der Waals surface area contributed by atoms with Crippen molar-refractivity contribution in [1.29, 1.82) is 0 Å². The Morgan fingerprint density at radius 2 is 1.96 bits per heavy atom. The molecule has 2 heterocycles. The van der Waals surface area contributed by atoms with Gasteiger partial charge in [0.05, 0.1) is 15.6 Å². The molecular formula is C21H21Cl2N3. The summed E-state index contributed by atoms with van der Waals surface area (Å²) < 4.78 is 0. The number of aryl methyl sites for hydroxylation is 1. The molecule has 0 saturated carbocycles. The summed E-state index contributed by atoms with van der Waals surface area (Å²) in [6.07, 6.45) is 4.23. The van der Waals surface area contributed by atoms with Gasteiger partial charge in [-0.15, -0.1) is 0 Å². The molecule has 2 aromatic carbocycles. The van der Waals surface area contributed by atoms with Crippen molar-refractivity contribution in [3.8, 4) is 0 Å². The standard InChI is InChI=1S/C21H21Cl2N3/c1-14-12-24-20-7-3-2-6-17(20)21(14)25-15-5-4-10-26(13-15)16-8-9-18(22)19(23)11-16/h2-3,6-9,11-12,15H,4-5,10,13H2,1H3,(H,24,25). The molecule has 1 N–H and O–H groups in total. The van der Waals surface area contributed by atoms with Gasteiger partial charge in [-0.25, -0.2) is 0 Å². The van der Waals surface area contributed by atoms with Gasteiger partial charge in [-0.1, -0.05) is 41.4 Å². The van der Waals surface area contributed by atoms with Crippen molar-refractivity contribution >= 4 is 45.5 Å². The van der Waals surface area contributed by atoms with Crippen LogP contribution in [-0.4, -0.2) is 24.1 Å². The molecule has 4 rings (SSSR count). The summed E-state index contributed by atoms with van der Waals surface area (Å²) in [6.45, 7) is 4.08. The molecule has 1 fully saturated rings. The topological polar surface area (TPSA) is 28.2 Å². The number of nitrogens with one attached hydrogen (secondary N) is 1. The summed E-state index contributed by atoms with van der Waals surface area (Å²) in [5.41, 5.74) is 4.52.